The topological polar surface area (TPSA) is 76.5 Å². The van der Waals surface area contributed by atoms with Crippen molar-refractivity contribution in [3.8, 4) is 17.0 Å². The molecule has 1 N–H and O–H groups in total. The summed E-state index contributed by atoms with van der Waals surface area (Å²) in [4.78, 5) is 27.7. The fourth-order valence-electron chi connectivity index (χ4n) is 5.61. The highest BCUT2D eigenvalue weighted by Crippen LogP contribution is 2.38. The number of carbonyl (C=O) groups excluding carboxylic acids is 2. The standard InChI is InChI=1S/C27H33F3N4O3/c1-15(2)34-22-12-17(24(35)31-27(3)10-11-33(14-27)25(36)16-4-5-16)6-8-19(22)23(32-34)20-13-18(37-26(29)30)7-9-21(20)28/h7,9,13,15-17,26H,4-6,8,10-12,14H2,1-3H3,(H,31,35). The molecule has 2 fully saturated rings. The number of benzene rings is 1. The van der Waals surface area contributed by atoms with Crippen molar-refractivity contribution in [2.75, 3.05) is 13.1 Å². The lowest BCUT2D eigenvalue weighted by Crippen LogP contribution is -2.51. The van der Waals surface area contributed by atoms with Crippen molar-refractivity contribution in [1.29, 1.82) is 0 Å². The molecule has 7 nitrogen and oxygen atoms in total. The van der Waals surface area contributed by atoms with Crippen molar-refractivity contribution in [2.24, 2.45) is 11.8 Å². The number of nitrogens with one attached hydrogen (secondary N) is 1. The Morgan fingerprint density at radius 2 is 1.95 bits per heavy atom. The molecule has 0 spiro atoms. The molecule has 200 valence electrons. The second-order valence-corrected chi connectivity index (χ2v) is 11.1. The lowest BCUT2D eigenvalue weighted by molar-refractivity contribution is -0.132. The van der Waals surface area contributed by atoms with Crippen molar-refractivity contribution in [2.45, 2.75) is 77.5 Å². The molecular formula is C27H33F3N4O3. The Morgan fingerprint density at radius 1 is 1.19 bits per heavy atom. The van der Waals surface area contributed by atoms with Gasteiger partial charge in [-0.1, -0.05) is 0 Å². The molecule has 2 heterocycles. The minimum absolute atomic E-state index is 0.0396. The molecule has 37 heavy (non-hydrogen) atoms. The first-order valence-corrected chi connectivity index (χ1v) is 13.0. The maximum atomic E-state index is 14.8. The number of likely N-dealkylation sites (tertiary alicyclic amines) is 1. The zero-order valence-electron chi connectivity index (χ0n) is 21.4. The molecule has 5 rings (SSSR count). The zero-order valence-corrected chi connectivity index (χ0v) is 21.4. The van der Waals surface area contributed by atoms with Gasteiger partial charge in [0.05, 0.1) is 11.2 Å². The Balaban J connectivity index is 1.35. The minimum Gasteiger partial charge on any atom is -0.435 e. The van der Waals surface area contributed by atoms with E-state index in [1.165, 1.54) is 12.1 Å². The summed E-state index contributed by atoms with van der Waals surface area (Å²) in [6.45, 7) is 4.07. The van der Waals surface area contributed by atoms with Crippen LogP contribution in [0, 0.1) is 17.7 Å². The summed E-state index contributed by atoms with van der Waals surface area (Å²) in [7, 11) is 0. The molecule has 1 aliphatic heterocycles. The van der Waals surface area contributed by atoms with Gasteiger partial charge in [0.2, 0.25) is 11.8 Å². The first-order chi connectivity index (χ1) is 17.5. The summed E-state index contributed by atoms with van der Waals surface area (Å²) < 4.78 is 46.6. The lowest BCUT2D eigenvalue weighted by atomic mass is 9.84. The van der Waals surface area contributed by atoms with Crippen molar-refractivity contribution in [1.82, 2.24) is 20.0 Å². The molecule has 2 atom stereocenters. The number of nitrogens with zero attached hydrogens (tertiary/aromatic N) is 3. The van der Waals surface area contributed by atoms with Gasteiger partial charge in [0.25, 0.3) is 0 Å². The zero-order chi connectivity index (χ0) is 26.5. The third kappa shape index (κ3) is 5.20. The molecular weight excluding hydrogens is 485 g/mol. The summed E-state index contributed by atoms with van der Waals surface area (Å²) >= 11 is 0. The van der Waals surface area contributed by atoms with E-state index >= 15 is 0 Å². The number of alkyl halides is 2. The molecule has 1 saturated carbocycles. The Labute approximate surface area is 214 Å². The summed E-state index contributed by atoms with van der Waals surface area (Å²) in [6.07, 6.45) is 4.16. The van der Waals surface area contributed by atoms with E-state index in [0.29, 0.717) is 38.0 Å². The first kappa shape index (κ1) is 25.6. The molecule has 2 amide bonds. The molecule has 1 aromatic carbocycles. The highest BCUT2D eigenvalue weighted by Gasteiger charge is 2.43. The van der Waals surface area contributed by atoms with Crippen molar-refractivity contribution < 1.29 is 27.5 Å². The number of amides is 2. The summed E-state index contributed by atoms with van der Waals surface area (Å²) in [5, 5.41) is 7.87. The van der Waals surface area contributed by atoms with Crippen LogP contribution in [0.1, 0.15) is 63.8 Å². The number of rotatable bonds is 7. The predicted octanol–water partition coefficient (Wildman–Crippen LogP) is 4.49. The fraction of sp³-hybridized carbons (Fsp3) is 0.593. The molecule has 1 saturated heterocycles. The average molecular weight is 519 g/mol. The second kappa shape index (κ2) is 9.68. The van der Waals surface area contributed by atoms with Gasteiger partial charge < -0.3 is 15.0 Å². The maximum absolute atomic E-state index is 14.8. The van der Waals surface area contributed by atoms with Crippen LogP contribution in [0.2, 0.25) is 0 Å². The number of carbonyl (C=O) groups is 2. The molecule has 1 aromatic heterocycles. The molecule has 0 radical (unpaired) electrons. The van der Waals surface area contributed by atoms with Crippen LogP contribution in [0.15, 0.2) is 18.2 Å². The van der Waals surface area contributed by atoms with Crippen LogP contribution in [0.25, 0.3) is 11.3 Å². The van der Waals surface area contributed by atoms with Crippen LogP contribution < -0.4 is 10.1 Å². The largest absolute Gasteiger partial charge is 0.435 e. The Kier molecular flexibility index (Phi) is 6.70. The number of ether oxygens (including phenoxy) is 1. The molecule has 2 unspecified atom stereocenters. The van der Waals surface area contributed by atoms with Crippen LogP contribution >= 0.6 is 0 Å². The van der Waals surface area contributed by atoms with Crippen molar-refractivity contribution in [3.05, 3.63) is 35.3 Å². The molecule has 2 aromatic rings. The van der Waals surface area contributed by atoms with E-state index in [-0.39, 0.29) is 41.0 Å². The van der Waals surface area contributed by atoms with Crippen LogP contribution in [-0.2, 0) is 22.4 Å². The SMILES string of the molecule is CC(C)n1nc(-c2cc(OC(F)F)ccc2F)c2c1CC(C(=O)NC1(C)CCN(C(=O)C3CC3)C1)CC2. The predicted molar refractivity (Wildman–Crippen MR) is 131 cm³/mol. The monoisotopic (exact) mass is 518 g/mol. The molecule has 10 heteroatoms. The van der Waals surface area contributed by atoms with Crippen LogP contribution in [0.3, 0.4) is 0 Å². The Bertz CT molecular complexity index is 1210. The van der Waals surface area contributed by atoms with E-state index in [1.807, 2.05) is 25.7 Å². The number of hydrogen-bond donors (Lipinski definition) is 1. The quantitative estimate of drug-likeness (QED) is 0.586. The third-order valence-electron chi connectivity index (χ3n) is 7.72. The van der Waals surface area contributed by atoms with Gasteiger partial charge in [-0.05, 0) is 71.1 Å². The van der Waals surface area contributed by atoms with E-state index in [0.717, 1.165) is 36.6 Å². The summed E-state index contributed by atoms with van der Waals surface area (Å²) in [5.41, 5.74) is 1.74. The van der Waals surface area contributed by atoms with E-state index in [2.05, 4.69) is 15.2 Å². The number of aromatic nitrogens is 2. The normalized spacial score (nSPS) is 23.5. The number of hydrogen-bond acceptors (Lipinski definition) is 4. The van der Waals surface area contributed by atoms with Crippen molar-refractivity contribution >= 4 is 11.8 Å². The molecule has 0 bridgehead atoms. The van der Waals surface area contributed by atoms with Gasteiger partial charge >= 0.3 is 6.61 Å². The van der Waals surface area contributed by atoms with Gasteiger partial charge in [0, 0.05) is 54.2 Å². The highest BCUT2D eigenvalue weighted by molar-refractivity contribution is 5.83. The van der Waals surface area contributed by atoms with Crippen LogP contribution in [-0.4, -0.2) is 51.7 Å². The minimum atomic E-state index is -3.01. The molecule has 3 aliphatic rings. The summed E-state index contributed by atoms with van der Waals surface area (Å²) in [6, 6.07) is 3.48. The van der Waals surface area contributed by atoms with Gasteiger partial charge in [0.15, 0.2) is 0 Å². The number of fused-ring (bicyclic) bond motifs is 1. The van der Waals surface area contributed by atoms with Gasteiger partial charge in [-0.15, -0.1) is 0 Å². The van der Waals surface area contributed by atoms with Crippen molar-refractivity contribution in [3.63, 3.8) is 0 Å². The van der Waals surface area contributed by atoms with Gasteiger partial charge in [-0.3, -0.25) is 14.3 Å². The van der Waals surface area contributed by atoms with Crippen LogP contribution in [0.4, 0.5) is 13.2 Å². The van der Waals surface area contributed by atoms with E-state index in [4.69, 9.17) is 0 Å². The number of halogens is 3. The molecule has 2 aliphatic carbocycles. The first-order valence-electron chi connectivity index (χ1n) is 13.0. The lowest BCUT2D eigenvalue weighted by Gasteiger charge is -2.30. The Hall–Kier alpha value is -3.04. The highest BCUT2D eigenvalue weighted by atomic mass is 19.3. The average Bonchev–Trinajstić information content (AvgIpc) is 3.52. The van der Waals surface area contributed by atoms with Crippen LogP contribution in [0.5, 0.6) is 5.75 Å². The van der Waals surface area contributed by atoms with E-state index in [1.54, 1.807) is 4.68 Å². The van der Waals surface area contributed by atoms with E-state index < -0.39 is 18.0 Å². The smallest absolute Gasteiger partial charge is 0.387 e. The summed E-state index contributed by atoms with van der Waals surface area (Å²) in [5.74, 6) is -0.677. The second-order valence-electron chi connectivity index (χ2n) is 11.1. The maximum Gasteiger partial charge on any atom is 0.387 e. The van der Waals surface area contributed by atoms with E-state index in [9.17, 15) is 22.8 Å². The third-order valence-corrected chi connectivity index (χ3v) is 7.72. The van der Waals surface area contributed by atoms with Gasteiger partial charge in [-0.25, -0.2) is 4.39 Å². The fourth-order valence-corrected chi connectivity index (χ4v) is 5.61. The van der Waals surface area contributed by atoms with Gasteiger partial charge in [-0.2, -0.15) is 13.9 Å². The Morgan fingerprint density at radius 3 is 2.62 bits per heavy atom. The van der Waals surface area contributed by atoms with Gasteiger partial charge in [0.1, 0.15) is 11.6 Å².